The normalized spacial score (nSPS) is 21.1. The van der Waals surface area contributed by atoms with E-state index in [2.05, 4.69) is 16.0 Å². The summed E-state index contributed by atoms with van der Waals surface area (Å²) in [6, 6.07) is 9.23. The Balaban J connectivity index is 1.41. The van der Waals surface area contributed by atoms with Crippen LogP contribution in [-0.4, -0.2) is 41.2 Å². The molecule has 150 valence electrons. The lowest BCUT2D eigenvalue weighted by atomic mass is 9.99. The molecule has 1 aromatic heterocycles. The molecule has 5 amide bonds. The van der Waals surface area contributed by atoms with Crippen molar-refractivity contribution in [3.63, 3.8) is 0 Å². The van der Waals surface area contributed by atoms with E-state index >= 15 is 0 Å². The molecule has 3 N–H and O–H groups in total. The highest BCUT2D eigenvalue weighted by Crippen LogP contribution is 2.29. The van der Waals surface area contributed by atoms with Gasteiger partial charge >= 0.3 is 6.03 Å². The maximum absolute atomic E-state index is 12.7. The zero-order chi connectivity index (χ0) is 20.6. The van der Waals surface area contributed by atoms with E-state index in [1.807, 2.05) is 0 Å². The molecule has 1 saturated heterocycles. The van der Waals surface area contributed by atoms with Crippen molar-refractivity contribution >= 4 is 29.4 Å². The van der Waals surface area contributed by atoms with Crippen LogP contribution in [0.1, 0.15) is 35.9 Å². The Morgan fingerprint density at radius 1 is 1.24 bits per heavy atom. The number of imide groups is 1. The van der Waals surface area contributed by atoms with Gasteiger partial charge in [0, 0.05) is 17.3 Å². The molecule has 1 unspecified atom stereocenters. The number of nitrogens with zero attached hydrogens (tertiary/aromatic N) is 1. The van der Waals surface area contributed by atoms with Crippen molar-refractivity contribution in [1.29, 1.82) is 0 Å². The fraction of sp³-hybridized carbons (Fsp3) is 0.300. The van der Waals surface area contributed by atoms with Crippen LogP contribution in [0.25, 0.3) is 0 Å². The topological polar surface area (TPSA) is 121 Å². The first-order chi connectivity index (χ1) is 13.9. The first-order valence-electron chi connectivity index (χ1n) is 9.26. The molecule has 4 rings (SSSR count). The molecule has 1 aliphatic carbocycles. The van der Waals surface area contributed by atoms with Gasteiger partial charge in [-0.2, -0.15) is 0 Å². The quantitative estimate of drug-likeness (QED) is 0.640. The van der Waals surface area contributed by atoms with Gasteiger partial charge in [-0.05, 0) is 50.1 Å². The molecule has 9 nitrogen and oxygen atoms in total. The van der Waals surface area contributed by atoms with Gasteiger partial charge in [0.2, 0.25) is 5.91 Å². The number of carbonyl (C=O) groups is 4. The lowest BCUT2D eigenvalue weighted by Crippen LogP contribution is -2.41. The van der Waals surface area contributed by atoms with E-state index in [-0.39, 0.29) is 17.7 Å². The maximum atomic E-state index is 12.7. The molecular weight excluding hydrogens is 376 g/mol. The van der Waals surface area contributed by atoms with Crippen molar-refractivity contribution in [3.8, 4) is 0 Å². The Labute approximate surface area is 166 Å². The number of carbonyl (C=O) groups excluding carboxylic acids is 4. The third-order valence-electron chi connectivity index (χ3n) is 4.91. The van der Waals surface area contributed by atoms with Crippen molar-refractivity contribution in [1.82, 2.24) is 15.5 Å². The van der Waals surface area contributed by atoms with Gasteiger partial charge in [-0.1, -0.05) is 6.07 Å². The van der Waals surface area contributed by atoms with Gasteiger partial charge in [0.05, 0.1) is 6.26 Å². The largest absolute Gasteiger partial charge is 0.466 e. The Morgan fingerprint density at radius 3 is 2.72 bits per heavy atom. The van der Waals surface area contributed by atoms with Crippen LogP contribution >= 0.6 is 0 Å². The molecule has 2 fully saturated rings. The Bertz CT molecular complexity index is 983. The average molecular weight is 396 g/mol. The molecule has 9 heteroatoms. The predicted octanol–water partition coefficient (Wildman–Crippen LogP) is 1.58. The second kappa shape index (κ2) is 7.08. The van der Waals surface area contributed by atoms with Gasteiger partial charge < -0.3 is 20.4 Å². The van der Waals surface area contributed by atoms with Crippen LogP contribution in [0.15, 0.2) is 47.1 Å². The molecule has 0 spiro atoms. The van der Waals surface area contributed by atoms with E-state index < -0.39 is 29.9 Å². The third-order valence-corrected chi connectivity index (χ3v) is 4.91. The number of hydrogen-bond acceptors (Lipinski definition) is 5. The molecule has 1 atom stereocenters. The highest BCUT2D eigenvalue weighted by Gasteiger charge is 2.51. The van der Waals surface area contributed by atoms with Crippen molar-refractivity contribution in [2.45, 2.75) is 31.3 Å². The van der Waals surface area contributed by atoms with Gasteiger partial charge in [-0.3, -0.25) is 19.3 Å². The highest BCUT2D eigenvalue weighted by atomic mass is 16.3. The molecule has 0 bridgehead atoms. The number of urea groups is 1. The summed E-state index contributed by atoms with van der Waals surface area (Å²) in [6.07, 6.45) is 3.36. The summed E-state index contributed by atoms with van der Waals surface area (Å²) in [5.74, 6) is -1.05. The van der Waals surface area contributed by atoms with E-state index in [4.69, 9.17) is 4.42 Å². The Hall–Kier alpha value is -3.62. The molecule has 1 aromatic carbocycles. The van der Waals surface area contributed by atoms with Crippen molar-refractivity contribution in [2.75, 3.05) is 11.9 Å². The van der Waals surface area contributed by atoms with Crippen LogP contribution < -0.4 is 16.0 Å². The summed E-state index contributed by atoms with van der Waals surface area (Å²) in [5, 5.41) is 8.06. The third kappa shape index (κ3) is 3.71. The van der Waals surface area contributed by atoms with Gasteiger partial charge in [0.25, 0.3) is 11.8 Å². The number of nitrogens with one attached hydrogen (secondary N) is 3. The van der Waals surface area contributed by atoms with E-state index in [9.17, 15) is 19.2 Å². The lowest BCUT2D eigenvalue weighted by Gasteiger charge is -2.18. The van der Waals surface area contributed by atoms with Gasteiger partial charge in [-0.25, -0.2) is 4.79 Å². The summed E-state index contributed by atoms with van der Waals surface area (Å²) >= 11 is 0. The van der Waals surface area contributed by atoms with E-state index in [1.54, 1.807) is 36.4 Å². The number of anilines is 1. The minimum absolute atomic E-state index is 0.202. The lowest BCUT2D eigenvalue weighted by molar-refractivity contribution is -0.134. The number of furan rings is 1. The van der Waals surface area contributed by atoms with Crippen LogP contribution in [0, 0.1) is 0 Å². The second-order valence-corrected chi connectivity index (χ2v) is 7.30. The van der Waals surface area contributed by atoms with Gasteiger partial charge in [0.15, 0.2) is 5.54 Å². The molecule has 1 aliphatic heterocycles. The standard InChI is InChI=1S/C20H20N4O5/c1-20(15-6-3-9-29-15)18(27)24(19(28)23-20)11-16(25)21-14-5-2-4-12(10-14)17(26)22-13-7-8-13/h2-6,9-10,13H,7-8,11H2,1H3,(H,21,25)(H,22,26)(H,23,28). The van der Waals surface area contributed by atoms with Crippen LogP contribution in [-0.2, 0) is 15.1 Å². The minimum atomic E-state index is -1.36. The summed E-state index contributed by atoms with van der Waals surface area (Å²) in [7, 11) is 0. The van der Waals surface area contributed by atoms with Gasteiger partial charge in [-0.15, -0.1) is 0 Å². The summed E-state index contributed by atoms with van der Waals surface area (Å²) in [4.78, 5) is 50.4. The number of amides is 5. The SMILES string of the molecule is CC1(c2ccco2)NC(=O)N(CC(=O)Nc2cccc(C(=O)NC3CC3)c2)C1=O. The first-order valence-corrected chi connectivity index (χ1v) is 9.26. The average Bonchev–Trinajstić information content (AvgIpc) is 3.25. The van der Waals surface area contributed by atoms with Crippen molar-refractivity contribution in [3.05, 3.63) is 54.0 Å². The van der Waals surface area contributed by atoms with Crippen LogP contribution in [0.2, 0.25) is 0 Å². The van der Waals surface area contributed by atoms with E-state index in [0.29, 0.717) is 11.3 Å². The van der Waals surface area contributed by atoms with Crippen LogP contribution in [0.3, 0.4) is 0 Å². The van der Waals surface area contributed by atoms with Gasteiger partial charge in [0.1, 0.15) is 12.3 Å². The Kier molecular flexibility index (Phi) is 4.57. The molecule has 2 aromatic rings. The summed E-state index contributed by atoms with van der Waals surface area (Å²) in [5.41, 5.74) is -0.531. The van der Waals surface area contributed by atoms with Crippen molar-refractivity contribution < 1.29 is 23.6 Å². The first kappa shape index (κ1) is 18.7. The maximum Gasteiger partial charge on any atom is 0.325 e. The number of rotatable bonds is 6. The summed E-state index contributed by atoms with van der Waals surface area (Å²) in [6.45, 7) is 1.06. The monoisotopic (exact) mass is 396 g/mol. The summed E-state index contributed by atoms with van der Waals surface area (Å²) < 4.78 is 5.25. The zero-order valence-electron chi connectivity index (χ0n) is 15.7. The predicted molar refractivity (Wildman–Crippen MR) is 102 cm³/mol. The number of benzene rings is 1. The molecular formula is C20H20N4O5. The molecule has 0 radical (unpaired) electrons. The zero-order valence-corrected chi connectivity index (χ0v) is 15.7. The van der Waals surface area contributed by atoms with E-state index in [1.165, 1.54) is 13.2 Å². The fourth-order valence-corrected chi connectivity index (χ4v) is 3.15. The molecule has 2 aliphatic rings. The fourth-order valence-electron chi connectivity index (χ4n) is 3.15. The smallest absolute Gasteiger partial charge is 0.325 e. The van der Waals surface area contributed by atoms with Crippen molar-refractivity contribution in [2.24, 2.45) is 0 Å². The second-order valence-electron chi connectivity index (χ2n) is 7.30. The Morgan fingerprint density at radius 2 is 2.03 bits per heavy atom. The van der Waals surface area contributed by atoms with Crippen LogP contribution in [0.5, 0.6) is 0 Å². The molecule has 2 heterocycles. The minimum Gasteiger partial charge on any atom is -0.466 e. The molecule has 1 saturated carbocycles. The van der Waals surface area contributed by atoms with E-state index in [0.717, 1.165) is 17.7 Å². The van der Waals surface area contributed by atoms with Crippen LogP contribution in [0.4, 0.5) is 10.5 Å². The number of hydrogen-bond donors (Lipinski definition) is 3. The highest BCUT2D eigenvalue weighted by molar-refractivity contribution is 6.10. The molecule has 29 heavy (non-hydrogen) atoms.